The number of fused-ring (bicyclic) bond motifs is 1. The number of hydrogen-bond donors (Lipinski definition) is 3. The van der Waals surface area contributed by atoms with Gasteiger partial charge < -0.3 is 20.0 Å². The second kappa shape index (κ2) is 10.1. The number of nitrogens with zero attached hydrogens (tertiary/aromatic N) is 2. The molecular formula is C22H32IN5O. The van der Waals surface area contributed by atoms with Crippen LogP contribution in [0.2, 0.25) is 0 Å². The Bertz CT molecular complexity index is 952. The summed E-state index contributed by atoms with van der Waals surface area (Å²) >= 11 is 0. The maximum Gasteiger partial charge on any atom is 0.216 e. The van der Waals surface area contributed by atoms with Gasteiger partial charge in [-0.2, -0.15) is 0 Å². The molecule has 7 heteroatoms. The molecule has 0 spiro atoms. The van der Waals surface area contributed by atoms with E-state index in [0.717, 1.165) is 31.2 Å². The highest BCUT2D eigenvalue weighted by Crippen LogP contribution is 2.23. The maximum absolute atomic E-state index is 5.83. The number of nitrogens with one attached hydrogen (secondary N) is 3. The van der Waals surface area contributed by atoms with Crippen LogP contribution in [-0.4, -0.2) is 29.0 Å². The zero-order chi connectivity index (χ0) is 20.1. The van der Waals surface area contributed by atoms with E-state index in [-0.39, 0.29) is 29.4 Å². The van der Waals surface area contributed by atoms with Crippen molar-refractivity contribution in [1.29, 1.82) is 0 Å². The molecule has 0 aliphatic rings. The molecule has 0 fully saturated rings. The number of benzene rings is 1. The van der Waals surface area contributed by atoms with E-state index in [2.05, 4.69) is 84.5 Å². The number of hydrogen-bond acceptors (Lipinski definition) is 3. The van der Waals surface area contributed by atoms with Crippen molar-refractivity contribution in [3.05, 3.63) is 53.4 Å². The van der Waals surface area contributed by atoms with E-state index in [9.17, 15) is 0 Å². The number of guanidine groups is 1. The third-order valence-electron chi connectivity index (χ3n) is 4.70. The Balaban J connectivity index is 0.00000300. The highest BCUT2D eigenvalue weighted by molar-refractivity contribution is 14.0. The fourth-order valence-electron chi connectivity index (χ4n) is 3.18. The Hall–Kier alpha value is -2.03. The first-order valence-corrected chi connectivity index (χ1v) is 9.92. The Morgan fingerprint density at radius 1 is 1.21 bits per heavy atom. The van der Waals surface area contributed by atoms with Crippen LogP contribution in [0.4, 0.5) is 0 Å². The molecule has 3 rings (SSSR count). The third kappa shape index (κ3) is 5.98. The lowest BCUT2D eigenvalue weighted by Crippen LogP contribution is -2.38. The Morgan fingerprint density at radius 3 is 2.66 bits per heavy atom. The molecule has 0 bridgehead atoms. The molecule has 0 aliphatic heterocycles. The number of aliphatic imine (C=N–C) groups is 1. The monoisotopic (exact) mass is 509 g/mol. The van der Waals surface area contributed by atoms with E-state index >= 15 is 0 Å². The fourth-order valence-corrected chi connectivity index (χ4v) is 3.18. The molecule has 0 saturated carbocycles. The standard InChI is InChI=1S/C22H31N5O.HI/c1-6-23-21(26-14-20-25-13-19(28-20)22(3,4)5)24-12-11-16-15(2)27-18-10-8-7-9-17(16)18;/h7-10,13,27H,6,11-12,14H2,1-5H3,(H2,23,24,26);1H. The van der Waals surface area contributed by atoms with E-state index in [1.54, 1.807) is 6.20 Å². The van der Waals surface area contributed by atoms with E-state index in [4.69, 9.17) is 4.42 Å². The normalized spacial score (nSPS) is 12.1. The SMILES string of the molecule is CCNC(=NCc1ncc(C(C)(C)C)o1)NCCc1c(C)[nH]c2ccccc12.I. The van der Waals surface area contributed by atoms with Crippen molar-refractivity contribution in [2.75, 3.05) is 13.1 Å². The number of aromatic nitrogens is 2. The quantitative estimate of drug-likeness (QED) is 0.256. The number of aromatic amines is 1. The molecule has 29 heavy (non-hydrogen) atoms. The summed E-state index contributed by atoms with van der Waals surface area (Å²) in [5, 5.41) is 7.99. The summed E-state index contributed by atoms with van der Waals surface area (Å²) in [6.07, 6.45) is 2.72. The van der Waals surface area contributed by atoms with Gasteiger partial charge in [0.2, 0.25) is 5.89 Å². The van der Waals surface area contributed by atoms with Crippen LogP contribution in [0.15, 0.2) is 39.9 Å². The molecule has 3 aromatic rings. The number of oxazole rings is 1. The van der Waals surface area contributed by atoms with Crippen LogP contribution in [0.3, 0.4) is 0 Å². The number of H-pyrrole nitrogens is 1. The van der Waals surface area contributed by atoms with E-state index in [1.807, 2.05) is 0 Å². The van der Waals surface area contributed by atoms with Gasteiger partial charge in [0, 0.05) is 35.1 Å². The lowest BCUT2D eigenvalue weighted by Gasteiger charge is -2.13. The van der Waals surface area contributed by atoms with Gasteiger partial charge in [-0.15, -0.1) is 24.0 Å². The van der Waals surface area contributed by atoms with Crippen molar-refractivity contribution in [3.63, 3.8) is 0 Å². The van der Waals surface area contributed by atoms with Crippen molar-refractivity contribution in [3.8, 4) is 0 Å². The van der Waals surface area contributed by atoms with Crippen molar-refractivity contribution >= 4 is 40.8 Å². The minimum absolute atomic E-state index is 0. The van der Waals surface area contributed by atoms with Crippen molar-refractivity contribution < 1.29 is 4.42 Å². The fraction of sp³-hybridized carbons (Fsp3) is 0.455. The summed E-state index contributed by atoms with van der Waals surface area (Å²) in [5.74, 6) is 2.29. The van der Waals surface area contributed by atoms with Crippen LogP contribution in [0.5, 0.6) is 0 Å². The summed E-state index contributed by atoms with van der Waals surface area (Å²) < 4.78 is 5.83. The van der Waals surface area contributed by atoms with Gasteiger partial charge in [0.15, 0.2) is 5.96 Å². The van der Waals surface area contributed by atoms with Crippen LogP contribution >= 0.6 is 24.0 Å². The van der Waals surface area contributed by atoms with Gasteiger partial charge in [-0.05, 0) is 31.9 Å². The maximum atomic E-state index is 5.83. The molecule has 0 unspecified atom stereocenters. The number of aryl methyl sites for hydroxylation is 1. The van der Waals surface area contributed by atoms with Gasteiger partial charge in [0.05, 0.1) is 6.20 Å². The topological polar surface area (TPSA) is 78.2 Å². The molecule has 158 valence electrons. The van der Waals surface area contributed by atoms with Crippen molar-refractivity contribution in [2.24, 2.45) is 4.99 Å². The van der Waals surface area contributed by atoms with Gasteiger partial charge in [-0.3, -0.25) is 0 Å². The molecule has 6 nitrogen and oxygen atoms in total. The minimum atomic E-state index is -0.0467. The molecule has 1 aromatic carbocycles. The molecule has 0 amide bonds. The van der Waals surface area contributed by atoms with Gasteiger partial charge in [0.25, 0.3) is 0 Å². The Kier molecular flexibility index (Phi) is 8.13. The molecule has 0 radical (unpaired) electrons. The number of halogens is 1. The van der Waals surface area contributed by atoms with Crippen molar-refractivity contribution in [2.45, 2.75) is 53.0 Å². The lowest BCUT2D eigenvalue weighted by atomic mass is 9.94. The van der Waals surface area contributed by atoms with E-state index in [0.29, 0.717) is 12.4 Å². The predicted octanol–water partition coefficient (Wildman–Crippen LogP) is 4.68. The highest BCUT2D eigenvalue weighted by Gasteiger charge is 2.19. The first-order valence-electron chi connectivity index (χ1n) is 9.92. The molecule has 3 N–H and O–H groups in total. The minimum Gasteiger partial charge on any atom is -0.443 e. The Labute approximate surface area is 190 Å². The van der Waals surface area contributed by atoms with Gasteiger partial charge in [-0.25, -0.2) is 9.98 Å². The van der Waals surface area contributed by atoms with E-state index in [1.165, 1.54) is 22.2 Å². The average molecular weight is 509 g/mol. The van der Waals surface area contributed by atoms with E-state index < -0.39 is 0 Å². The zero-order valence-electron chi connectivity index (χ0n) is 17.9. The van der Waals surface area contributed by atoms with Gasteiger partial charge in [-0.1, -0.05) is 39.0 Å². The first kappa shape index (κ1) is 23.3. The summed E-state index contributed by atoms with van der Waals surface area (Å²) in [6.45, 7) is 12.5. The van der Waals surface area contributed by atoms with Gasteiger partial charge >= 0.3 is 0 Å². The van der Waals surface area contributed by atoms with Crippen LogP contribution in [-0.2, 0) is 18.4 Å². The number of rotatable bonds is 6. The molecule has 0 saturated heterocycles. The molecule has 0 aliphatic carbocycles. The second-order valence-corrected chi connectivity index (χ2v) is 8.01. The third-order valence-corrected chi connectivity index (χ3v) is 4.70. The van der Waals surface area contributed by atoms with Crippen LogP contribution < -0.4 is 10.6 Å². The summed E-state index contributed by atoms with van der Waals surface area (Å²) in [4.78, 5) is 12.4. The summed E-state index contributed by atoms with van der Waals surface area (Å²) in [5.41, 5.74) is 3.71. The average Bonchev–Trinajstić information content (AvgIpc) is 3.24. The Morgan fingerprint density at radius 2 is 1.97 bits per heavy atom. The summed E-state index contributed by atoms with van der Waals surface area (Å²) in [7, 11) is 0. The molecule has 0 atom stereocenters. The van der Waals surface area contributed by atoms with Crippen LogP contribution in [0, 0.1) is 6.92 Å². The molecular weight excluding hydrogens is 477 g/mol. The first-order chi connectivity index (χ1) is 13.4. The zero-order valence-corrected chi connectivity index (χ0v) is 20.3. The second-order valence-electron chi connectivity index (χ2n) is 8.01. The molecule has 2 aromatic heterocycles. The smallest absolute Gasteiger partial charge is 0.216 e. The van der Waals surface area contributed by atoms with Gasteiger partial charge in [0.1, 0.15) is 12.3 Å². The largest absolute Gasteiger partial charge is 0.443 e. The number of para-hydroxylation sites is 1. The predicted molar refractivity (Wildman–Crippen MR) is 130 cm³/mol. The summed E-state index contributed by atoms with van der Waals surface area (Å²) in [6, 6.07) is 8.43. The van der Waals surface area contributed by atoms with Crippen LogP contribution in [0.1, 0.15) is 50.6 Å². The molecule has 2 heterocycles. The lowest BCUT2D eigenvalue weighted by molar-refractivity contribution is 0.383. The highest BCUT2D eigenvalue weighted by atomic mass is 127. The van der Waals surface area contributed by atoms with Crippen molar-refractivity contribution in [1.82, 2.24) is 20.6 Å². The van der Waals surface area contributed by atoms with Crippen LogP contribution in [0.25, 0.3) is 10.9 Å².